The Morgan fingerprint density at radius 2 is 2.21 bits per heavy atom. The molecule has 0 spiro atoms. The molecule has 0 aliphatic heterocycles. The van der Waals surface area contributed by atoms with Crippen LogP contribution in [0.4, 0.5) is 0 Å². The summed E-state index contributed by atoms with van der Waals surface area (Å²) in [4.78, 5) is 0. The molecule has 0 atom stereocenters. The zero-order valence-corrected chi connectivity index (χ0v) is 9.01. The van der Waals surface area contributed by atoms with E-state index < -0.39 is 9.84 Å². The van der Waals surface area contributed by atoms with Gasteiger partial charge in [0.2, 0.25) is 0 Å². The summed E-state index contributed by atoms with van der Waals surface area (Å²) in [5.41, 5.74) is 0. The maximum atomic E-state index is 10.8. The monoisotopic (exact) mass is 217 g/mol. The second-order valence-electron chi connectivity index (χ2n) is 3.21. The van der Waals surface area contributed by atoms with Gasteiger partial charge in [-0.25, -0.2) is 8.42 Å². The third-order valence-electron chi connectivity index (χ3n) is 1.78. The molecule has 80 valence electrons. The summed E-state index contributed by atoms with van der Waals surface area (Å²) >= 11 is 0. The van der Waals surface area contributed by atoms with Gasteiger partial charge < -0.3 is 9.73 Å². The third-order valence-corrected chi connectivity index (χ3v) is 2.72. The molecule has 4 nitrogen and oxygen atoms in total. The van der Waals surface area contributed by atoms with Gasteiger partial charge in [0, 0.05) is 25.8 Å². The van der Waals surface area contributed by atoms with Crippen molar-refractivity contribution in [2.75, 3.05) is 25.1 Å². The maximum absolute atomic E-state index is 10.8. The molecule has 0 radical (unpaired) electrons. The van der Waals surface area contributed by atoms with Crippen molar-refractivity contribution in [3.63, 3.8) is 0 Å². The topological polar surface area (TPSA) is 59.3 Å². The number of hydrogen-bond donors (Lipinski definition) is 1. The summed E-state index contributed by atoms with van der Waals surface area (Å²) in [6.07, 6.45) is 3.66. The van der Waals surface area contributed by atoms with Gasteiger partial charge in [0.25, 0.3) is 0 Å². The second kappa shape index (κ2) is 5.17. The molecule has 0 saturated heterocycles. The zero-order chi connectivity index (χ0) is 10.4. The van der Waals surface area contributed by atoms with Crippen LogP contribution in [-0.2, 0) is 16.3 Å². The molecular weight excluding hydrogens is 202 g/mol. The van der Waals surface area contributed by atoms with Gasteiger partial charge in [-0.05, 0) is 12.1 Å². The zero-order valence-electron chi connectivity index (χ0n) is 8.19. The summed E-state index contributed by atoms with van der Waals surface area (Å²) in [6.45, 7) is 1.24. The lowest BCUT2D eigenvalue weighted by molar-refractivity contribution is 0.501. The first-order valence-corrected chi connectivity index (χ1v) is 6.55. The molecule has 0 aliphatic carbocycles. The summed E-state index contributed by atoms with van der Waals surface area (Å²) in [5.74, 6) is 1.10. The number of hydrogen-bond acceptors (Lipinski definition) is 4. The Balaban J connectivity index is 2.06. The van der Waals surface area contributed by atoms with Crippen LogP contribution in [0.2, 0.25) is 0 Å². The standard InChI is InChI=1S/C9H15NO3S/c1-14(11,12)8-6-10-5-4-9-3-2-7-13-9/h2-3,7,10H,4-6,8H2,1H3. The van der Waals surface area contributed by atoms with E-state index in [4.69, 9.17) is 4.42 Å². The van der Waals surface area contributed by atoms with Crippen molar-refractivity contribution >= 4 is 9.84 Å². The van der Waals surface area contributed by atoms with Gasteiger partial charge in [0.05, 0.1) is 12.0 Å². The Kier molecular flexibility index (Phi) is 4.16. The predicted octanol–water partition coefficient (Wildman–Crippen LogP) is 0.456. The minimum absolute atomic E-state index is 0.186. The number of rotatable bonds is 6. The van der Waals surface area contributed by atoms with Crippen molar-refractivity contribution in [3.8, 4) is 0 Å². The Morgan fingerprint density at radius 1 is 1.43 bits per heavy atom. The van der Waals surface area contributed by atoms with E-state index in [1.54, 1.807) is 6.26 Å². The van der Waals surface area contributed by atoms with E-state index in [-0.39, 0.29) is 5.75 Å². The molecule has 14 heavy (non-hydrogen) atoms. The van der Waals surface area contributed by atoms with Crippen molar-refractivity contribution in [3.05, 3.63) is 24.2 Å². The molecule has 1 heterocycles. The van der Waals surface area contributed by atoms with E-state index in [9.17, 15) is 8.42 Å². The molecule has 1 N–H and O–H groups in total. The van der Waals surface area contributed by atoms with Gasteiger partial charge in [0.1, 0.15) is 15.6 Å². The van der Waals surface area contributed by atoms with Crippen LogP contribution in [0.25, 0.3) is 0 Å². The SMILES string of the molecule is CS(=O)(=O)CCNCCc1ccco1. The fraction of sp³-hybridized carbons (Fsp3) is 0.556. The molecule has 0 amide bonds. The quantitative estimate of drug-likeness (QED) is 0.703. The highest BCUT2D eigenvalue weighted by Crippen LogP contribution is 1.99. The Hall–Kier alpha value is -0.810. The molecule has 5 heteroatoms. The lowest BCUT2D eigenvalue weighted by Crippen LogP contribution is -2.24. The van der Waals surface area contributed by atoms with E-state index in [0.717, 1.165) is 18.7 Å². The predicted molar refractivity (Wildman–Crippen MR) is 55.0 cm³/mol. The molecule has 0 bridgehead atoms. The minimum Gasteiger partial charge on any atom is -0.469 e. The molecule has 0 saturated carbocycles. The fourth-order valence-electron chi connectivity index (χ4n) is 1.05. The largest absolute Gasteiger partial charge is 0.469 e. The van der Waals surface area contributed by atoms with Gasteiger partial charge in [-0.2, -0.15) is 0 Å². The van der Waals surface area contributed by atoms with Crippen LogP contribution >= 0.6 is 0 Å². The number of sulfone groups is 1. The highest BCUT2D eigenvalue weighted by molar-refractivity contribution is 7.90. The maximum Gasteiger partial charge on any atom is 0.148 e. The summed E-state index contributed by atoms with van der Waals surface area (Å²) in [7, 11) is -2.84. The van der Waals surface area contributed by atoms with Gasteiger partial charge >= 0.3 is 0 Å². The van der Waals surface area contributed by atoms with Crippen molar-refractivity contribution in [2.45, 2.75) is 6.42 Å². The molecule has 0 fully saturated rings. The lowest BCUT2D eigenvalue weighted by atomic mass is 10.3. The fourth-order valence-corrected chi connectivity index (χ4v) is 1.56. The molecule has 1 rings (SSSR count). The number of nitrogens with one attached hydrogen (secondary N) is 1. The van der Waals surface area contributed by atoms with Gasteiger partial charge in [0.15, 0.2) is 0 Å². The Bertz CT molecular complexity index is 342. The van der Waals surface area contributed by atoms with Crippen LogP contribution in [-0.4, -0.2) is 33.5 Å². The van der Waals surface area contributed by atoms with E-state index in [1.807, 2.05) is 12.1 Å². The summed E-state index contributed by atoms with van der Waals surface area (Å²) in [5, 5.41) is 3.04. The molecule has 0 unspecified atom stereocenters. The van der Waals surface area contributed by atoms with Crippen LogP contribution in [0.5, 0.6) is 0 Å². The summed E-state index contributed by atoms with van der Waals surface area (Å²) < 4.78 is 26.7. The molecule has 1 aromatic heterocycles. The van der Waals surface area contributed by atoms with Gasteiger partial charge in [-0.15, -0.1) is 0 Å². The van der Waals surface area contributed by atoms with Crippen LogP contribution in [0.15, 0.2) is 22.8 Å². The highest BCUT2D eigenvalue weighted by Gasteiger charge is 2.00. The Labute approximate surface area is 84.2 Å². The third kappa shape index (κ3) is 5.04. The van der Waals surface area contributed by atoms with Gasteiger partial charge in [-0.1, -0.05) is 0 Å². The van der Waals surface area contributed by atoms with E-state index >= 15 is 0 Å². The van der Waals surface area contributed by atoms with E-state index in [2.05, 4.69) is 5.32 Å². The van der Waals surface area contributed by atoms with E-state index in [0.29, 0.717) is 6.54 Å². The van der Waals surface area contributed by atoms with E-state index in [1.165, 1.54) is 6.26 Å². The van der Waals surface area contributed by atoms with Crippen LogP contribution < -0.4 is 5.32 Å². The van der Waals surface area contributed by atoms with Crippen molar-refractivity contribution in [1.29, 1.82) is 0 Å². The Morgan fingerprint density at radius 3 is 2.79 bits per heavy atom. The minimum atomic E-state index is -2.84. The molecule has 0 aliphatic rings. The van der Waals surface area contributed by atoms with Crippen molar-refractivity contribution in [2.24, 2.45) is 0 Å². The average molecular weight is 217 g/mol. The van der Waals surface area contributed by atoms with Crippen LogP contribution in [0, 0.1) is 0 Å². The lowest BCUT2D eigenvalue weighted by Gasteiger charge is -2.01. The van der Waals surface area contributed by atoms with Crippen molar-refractivity contribution in [1.82, 2.24) is 5.32 Å². The molecular formula is C9H15NO3S. The molecule has 0 aromatic carbocycles. The molecule has 1 aromatic rings. The second-order valence-corrected chi connectivity index (χ2v) is 5.47. The van der Waals surface area contributed by atoms with Crippen LogP contribution in [0.1, 0.15) is 5.76 Å². The van der Waals surface area contributed by atoms with Crippen LogP contribution in [0.3, 0.4) is 0 Å². The van der Waals surface area contributed by atoms with Crippen molar-refractivity contribution < 1.29 is 12.8 Å². The van der Waals surface area contributed by atoms with Gasteiger partial charge in [-0.3, -0.25) is 0 Å². The number of furan rings is 1. The average Bonchev–Trinajstić information content (AvgIpc) is 2.54. The smallest absolute Gasteiger partial charge is 0.148 e. The summed E-state index contributed by atoms with van der Waals surface area (Å²) in [6, 6.07) is 3.74. The first-order valence-electron chi connectivity index (χ1n) is 4.49. The normalized spacial score (nSPS) is 11.8. The first-order chi connectivity index (χ1) is 6.58. The first kappa shape index (κ1) is 11.3. The highest BCUT2D eigenvalue weighted by atomic mass is 32.2.